The molecular formula is C19H22N2O. The van der Waals surface area contributed by atoms with Crippen molar-refractivity contribution in [2.24, 2.45) is 0 Å². The van der Waals surface area contributed by atoms with Gasteiger partial charge < -0.3 is 5.32 Å². The maximum atomic E-state index is 12.2. The van der Waals surface area contributed by atoms with Gasteiger partial charge in [-0.3, -0.25) is 9.78 Å². The molecule has 2 aromatic rings. The highest BCUT2D eigenvalue weighted by atomic mass is 16.1. The van der Waals surface area contributed by atoms with E-state index in [1.807, 2.05) is 19.1 Å². The first-order valence-electron chi connectivity index (χ1n) is 8.02. The molecule has 0 fully saturated rings. The minimum absolute atomic E-state index is 0.00753. The van der Waals surface area contributed by atoms with Gasteiger partial charge in [0.25, 0.3) is 0 Å². The normalized spacial score (nSPS) is 15.0. The Labute approximate surface area is 131 Å². The highest BCUT2D eigenvalue weighted by Crippen LogP contribution is 2.22. The first kappa shape index (κ1) is 14.8. The summed E-state index contributed by atoms with van der Waals surface area (Å²) in [5.74, 6) is 0.0695. The van der Waals surface area contributed by atoms with E-state index < -0.39 is 0 Å². The zero-order valence-corrected chi connectivity index (χ0v) is 13.0. The summed E-state index contributed by atoms with van der Waals surface area (Å²) in [5, 5.41) is 3.06. The van der Waals surface area contributed by atoms with E-state index in [0.29, 0.717) is 6.42 Å². The molecule has 3 nitrogen and oxygen atoms in total. The molecule has 1 unspecified atom stereocenters. The Bertz CT molecular complexity index is 652. The van der Waals surface area contributed by atoms with Gasteiger partial charge in [0.05, 0.1) is 12.5 Å². The van der Waals surface area contributed by atoms with E-state index in [9.17, 15) is 4.79 Å². The largest absolute Gasteiger partial charge is 0.349 e. The van der Waals surface area contributed by atoms with Crippen LogP contribution in [0.15, 0.2) is 42.7 Å². The lowest BCUT2D eigenvalue weighted by atomic mass is 9.90. The van der Waals surface area contributed by atoms with Crippen LogP contribution < -0.4 is 5.32 Å². The number of hydrogen-bond acceptors (Lipinski definition) is 2. The first-order chi connectivity index (χ1) is 10.7. The number of nitrogens with zero attached hydrogens (tertiary/aromatic N) is 1. The average molecular weight is 294 g/mol. The quantitative estimate of drug-likeness (QED) is 0.939. The molecule has 3 heteroatoms. The third kappa shape index (κ3) is 3.53. The van der Waals surface area contributed by atoms with Crippen LogP contribution in [0, 0.1) is 0 Å². The minimum Gasteiger partial charge on any atom is -0.349 e. The minimum atomic E-state index is 0.00753. The fourth-order valence-corrected chi connectivity index (χ4v) is 3.11. The highest BCUT2D eigenvalue weighted by Gasteiger charge is 2.13. The van der Waals surface area contributed by atoms with Gasteiger partial charge in [-0.05, 0) is 67.0 Å². The van der Waals surface area contributed by atoms with Crippen LogP contribution in [0.4, 0.5) is 0 Å². The molecule has 1 aliphatic rings. The fourth-order valence-electron chi connectivity index (χ4n) is 3.11. The number of benzene rings is 1. The number of hydrogen-bond donors (Lipinski definition) is 1. The molecule has 0 saturated carbocycles. The summed E-state index contributed by atoms with van der Waals surface area (Å²) in [6.45, 7) is 2.00. The second kappa shape index (κ2) is 6.73. The Hall–Kier alpha value is -2.16. The maximum Gasteiger partial charge on any atom is 0.224 e. The molecule has 1 heterocycles. The number of amides is 1. The van der Waals surface area contributed by atoms with Gasteiger partial charge in [0.2, 0.25) is 5.91 Å². The third-order valence-corrected chi connectivity index (χ3v) is 4.36. The van der Waals surface area contributed by atoms with Gasteiger partial charge in [-0.15, -0.1) is 0 Å². The molecule has 1 aromatic heterocycles. The molecule has 1 amide bonds. The number of rotatable bonds is 4. The van der Waals surface area contributed by atoms with Crippen LogP contribution >= 0.6 is 0 Å². The average Bonchev–Trinajstić information content (AvgIpc) is 2.55. The van der Waals surface area contributed by atoms with Crippen LogP contribution in [0.5, 0.6) is 0 Å². The lowest BCUT2D eigenvalue weighted by molar-refractivity contribution is -0.121. The predicted octanol–water partition coefficient (Wildman–Crippen LogP) is 3.38. The van der Waals surface area contributed by atoms with E-state index in [2.05, 4.69) is 28.5 Å². The molecule has 1 aromatic carbocycles. The smallest absolute Gasteiger partial charge is 0.224 e. The van der Waals surface area contributed by atoms with Crippen LogP contribution in [-0.4, -0.2) is 10.9 Å². The van der Waals surface area contributed by atoms with Crippen molar-refractivity contribution >= 4 is 5.91 Å². The van der Waals surface area contributed by atoms with Gasteiger partial charge >= 0.3 is 0 Å². The van der Waals surface area contributed by atoms with Crippen LogP contribution in [-0.2, 0) is 24.1 Å². The van der Waals surface area contributed by atoms with Crippen molar-refractivity contribution in [3.05, 3.63) is 65.0 Å². The number of carbonyl (C=O) groups excluding carboxylic acids is 1. The fraction of sp³-hybridized carbons (Fsp3) is 0.368. The number of aryl methyl sites for hydroxylation is 2. The SMILES string of the molecule is CC(NC(=O)Cc1ccc2c(c1)CCCC2)c1ccncc1. The molecule has 1 atom stereocenters. The van der Waals surface area contributed by atoms with Gasteiger partial charge in [0.1, 0.15) is 0 Å². The second-order valence-corrected chi connectivity index (χ2v) is 6.06. The molecule has 0 spiro atoms. The van der Waals surface area contributed by atoms with Crippen LogP contribution in [0.25, 0.3) is 0 Å². The zero-order chi connectivity index (χ0) is 15.4. The van der Waals surface area contributed by atoms with Gasteiger partial charge in [-0.2, -0.15) is 0 Å². The summed E-state index contributed by atoms with van der Waals surface area (Å²) in [7, 11) is 0. The van der Waals surface area contributed by atoms with E-state index in [1.54, 1.807) is 12.4 Å². The molecule has 0 bridgehead atoms. The Morgan fingerprint density at radius 1 is 1.14 bits per heavy atom. The molecule has 0 radical (unpaired) electrons. The molecular weight excluding hydrogens is 272 g/mol. The van der Waals surface area contributed by atoms with Crippen molar-refractivity contribution in [1.82, 2.24) is 10.3 Å². The number of nitrogens with one attached hydrogen (secondary N) is 1. The molecule has 22 heavy (non-hydrogen) atoms. The molecule has 1 N–H and O–H groups in total. The van der Waals surface area contributed by atoms with E-state index in [-0.39, 0.29) is 11.9 Å². The lowest BCUT2D eigenvalue weighted by Crippen LogP contribution is -2.28. The van der Waals surface area contributed by atoms with Crippen molar-refractivity contribution in [1.29, 1.82) is 0 Å². The summed E-state index contributed by atoms with van der Waals surface area (Å²) >= 11 is 0. The molecule has 0 aliphatic heterocycles. The zero-order valence-electron chi connectivity index (χ0n) is 13.0. The van der Waals surface area contributed by atoms with E-state index >= 15 is 0 Å². The Kier molecular flexibility index (Phi) is 4.52. The Balaban J connectivity index is 1.62. The molecule has 0 saturated heterocycles. The topological polar surface area (TPSA) is 42.0 Å². The summed E-state index contributed by atoms with van der Waals surface area (Å²) in [5.41, 5.74) is 5.08. The predicted molar refractivity (Wildman–Crippen MR) is 87.6 cm³/mol. The monoisotopic (exact) mass is 294 g/mol. The van der Waals surface area contributed by atoms with Crippen LogP contribution in [0.2, 0.25) is 0 Å². The van der Waals surface area contributed by atoms with Crippen molar-refractivity contribution in [3.8, 4) is 0 Å². The Morgan fingerprint density at radius 3 is 2.64 bits per heavy atom. The van der Waals surface area contributed by atoms with Gasteiger partial charge in [0.15, 0.2) is 0 Å². The lowest BCUT2D eigenvalue weighted by Gasteiger charge is -2.17. The summed E-state index contributed by atoms with van der Waals surface area (Å²) in [6.07, 6.45) is 8.84. The van der Waals surface area contributed by atoms with Gasteiger partial charge in [-0.1, -0.05) is 18.2 Å². The number of fused-ring (bicyclic) bond motifs is 1. The van der Waals surface area contributed by atoms with Crippen molar-refractivity contribution in [3.63, 3.8) is 0 Å². The summed E-state index contributed by atoms with van der Waals surface area (Å²) in [6, 6.07) is 10.4. The maximum absolute atomic E-state index is 12.2. The van der Waals surface area contributed by atoms with Gasteiger partial charge in [-0.25, -0.2) is 0 Å². The first-order valence-corrected chi connectivity index (χ1v) is 8.02. The Morgan fingerprint density at radius 2 is 1.86 bits per heavy atom. The van der Waals surface area contributed by atoms with E-state index in [1.165, 1.54) is 30.4 Å². The van der Waals surface area contributed by atoms with E-state index in [0.717, 1.165) is 17.5 Å². The molecule has 3 rings (SSSR count). The van der Waals surface area contributed by atoms with E-state index in [4.69, 9.17) is 0 Å². The summed E-state index contributed by atoms with van der Waals surface area (Å²) < 4.78 is 0. The van der Waals surface area contributed by atoms with Gasteiger partial charge in [0, 0.05) is 12.4 Å². The number of pyridine rings is 1. The second-order valence-electron chi connectivity index (χ2n) is 6.06. The van der Waals surface area contributed by atoms with Crippen LogP contribution in [0.1, 0.15) is 48.1 Å². The molecule has 1 aliphatic carbocycles. The van der Waals surface area contributed by atoms with Crippen molar-refractivity contribution in [2.45, 2.75) is 45.1 Å². The standard InChI is InChI=1S/C19H22N2O/c1-14(16-8-10-20-11-9-16)21-19(22)13-15-6-7-17-4-2-3-5-18(17)12-15/h6-12,14H,2-5,13H2,1H3,(H,21,22). The van der Waals surface area contributed by atoms with Crippen LogP contribution in [0.3, 0.4) is 0 Å². The highest BCUT2D eigenvalue weighted by molar-refractivity contribution is 5.79. The number of aromatic nitrogens is 1. The third-order valence-electron chi connectivity index (χ3n) is 4.36. The van der Waals surface area contributed by atoms with Crippen molar-refractivity contribution < 1.29 is 4.79 Å². The van der Waals surface area contributed by atoms with Crippen molar-refractivity contribution in [2.75, 3.05) is 0 Å². The number of carbonyl (C=O) groups is 1. The summed E-state index contributed by atoms with van der Waals surface area (Å²) in [4.78, 5) is 16.2. The molecule has 114 valence electrons.